The number of anilines is 2. The summed E-state index contributed by atoms with van der Waals surface area (Å²) in [7, 11) is 0. The highest BCUT2D eigenvalue weighted by Gasteiger charge is 2.33. The predicted molar refractivity (Wildman–Crippen MR) is 125 cm³/mol. The van der Waals surface area contributed by atoms with Crippen molar-refractivity contribution in [2.75, 3.05) is 29.9 Å². The first kappa shape index (κ1) is 21.5. The van der Waals surface area contributed by atoms with E-state index in [1.807, 2.05) is 30.2 Å². The van der Waals surface area contributed by atoms with Crippen LogP contribution in [0.5, 0.6) is 0 Å². The summed E-state index contributed by atoms with van der Waals surface area (Å²) >= 11 is 7.94. The van der Waals surface area contributed by atoms with E-state index in [9.17, 15) is 9.59 Å². The van der Waals surface area contributed by atoms with Crippen LogP contribution in [-0.2, 0) is 4.79 Å². The molecule has 7 nitrogen and oxygen atoms in total. The summed E-state index contributed by atoms with van der Waals surface area (Å²) in [5.74, 6) is 0.568. The number of hydrogen-bond donors (Lipinski definition) is 1. The fourth-order valence-electron chi connectivity index (χ4n) is 3.97. The van der Waals surface area contributed by atoms with Crippen molar-refractivity contribution in [2.24, 2.45) is 0 Å². The average molecular weight is 458 g/mol. The Balaban J connectivity index is 1.52. The number of fused-ring (bicyclic) bond motifs is 1. The van der Waals surface area contributed by atoms with Crippen LogP contribution < -0.4 is 10.2 Å². The zero-order valence-corrected chi connectivity index (χ0v) is 19.0. The zero-order valence-electron chi connectivity index (χ0n) is 17.5. The van der Waals surface area contributed by atoms with Gasteiger partial charge in [0.05, 0.1) is 16.0 Å². The molecule has 1 aromatic carbocycles. The molecule has 1 unspecified atom stereocenters. The molecule has 2 aromatic heterocycles. The summed E-state index contributed by atoms with van der Waals surface area (Å²) in [6.07, 6.45) is 3.20. The quantitative estimate of drug-likeness (QED) is 0.592. The lowest BCUT2D eigenvalue weighted by Gasteiger charge is -2.25. The Bertz CT molecular complexity index is 1110. The van der Waals surface area contributed by atoms with Crippen molar-refractivity contribution in [3.8, 4) is 0 Å². The predicted octanol–water partition coefficient (Wildman–Crippen LogP) is 4.43. The van der Waals surface area contributed by atoms with Crippen LogP contribution in [0.25, 0.3) is 10.2 Å². The fraction of sp³-hybridized carbons (Fsp3) is 0.364. The van der Waals surface area contributed by atoms with Crippen LogP contribution in [0.1, 0.15) is 37.0 Å². The molecule has 3 aromatic rings. The monoisotopic (exact) mass is 457 g/mol. The molecule has 1 N–H and O–H groups in total. The van der Waals surface area contributed by atoms with E-state index in [0.717, 1.165) is 35.4 Å². The molecule has 4 rings (SSSR count). The number of carbonyl (C=O) groups is 2. The second-order valence-corrected chi connectivity index (χ2v) is 8.65. The molecule has 0 saturated carbocycles. The van der Waals surface area contributed by atoms with E-state index in [4.69, 9.17) is 11.6 Å². The number of amides is 2. The fourth-order valence-corrected chi connectivity index (χ4v) is 4.96. The summed E-state index contributed by atoms with van der Waals surface area (Å²) in [4.78, 5) is 39.1. The van der Waals surface area contributed by atoms with Gasteiger partial charge in [-0.05, 0) is 56.3 Å². The van der Waals surface area contributed by atoms with Crippen molar-refractivity contribution in [3.05, 3.63) is 46.6 Å². The van der Waals surface area contributed by atoms with E-state index in [1.54, 1.807) is 40.8 Å². The van der Waals surface area contributed by atoms with Crippen molar-refractivity contribution in [2.45, 2.75) is 32.7 Å². The number of rotatable bonds is 6. The van der Waals surface area contributed by atoms with Crippen molar-refractivity contribution >= 4 is 56.5 Å². The average Bonchev–Trinajstić information content (AvgIpc) is 3.44. The molecule has 9 heteroatoms. The number of nitrogens with zero attached hydrogens (tertiary/aromatic N) is 4. The van der Waals surface area contributed by atoms with Crippen molar-refractivity contribution < 1.29 is 9.59 Å². The lowest BCUT2D eigenvalue weighted by molar-refractivity contribution is -0.117. The van der Waals surface area contributed by atoms with E-state index in [0.29, 0.717) is 29.4 Å². The van der Waals surface area contributed by atoms with Gasteiger partial charge in [0.2, 0.25) is 5.91 Å². The maximum Gasteiger partial charge on any atom is 0.255 e. The molecule has 162 valence electrons. The van der Waals surface area contributed by atoms with Gasteiger partial charge in [0.25, 0.3) is 5.91 Å². The van der Waals surface area contributed by atoms with Crippen LogP contribution in [-0.4, -0.2) is 52.4 Å². The van der Waals surface area contributed by atoms with E-state index in [2.05, 4.69) is 15.3 Å². The molecule has 1 saturated heterocycles. The Labute approximate surface area is 190 Å². The van der Waals surface area contributed by atoms with Gasteiger partial charge in [0.15, 0.2) is 0 Å². The summed E-state index contributed by atoms with van der Waals surface area (Å²) in [5, 5.41) is 6.24. The first-order chi connectivity index (χ1) is 15.0. The molecule has 1 aliphatic heterocycles. The maximum absolute atomic E-state index is 13.1. The largest absolute Gasteiger partial charge is 0.344 e. The van der Waals surface area contributed by atoms with Gasteiger partial charge in [-0.1, -0.05) is 11.6 Å². The molecule has 31 heavy (non-hydrogen) atoms. The number of carbonyl (C=O) groups excluding carboxylic acids is 2. The molecule has 1 fully saturated rings. The first-order valence-corrected chi connectivity index (χ1v) is 11.6. The van der Waals surface area contributed by atoms with Gasteiger partial charge in [0.1, 0.15) is 23.0 Å². The smallest absolute Gasteiger partial charge is 0.255 e. The van der Waals surface area contributed by atoms with E-state index < -0.39 is 0 Å². The Morgan fingerprint density at radius 3 is 2.81 bits per heavy atom. The van der Waals surface area contributed by atoms with Gasteiger partial charge in [-0.25, -0.2) is 9.97 Å². The van der Waals surface area contributed by atoms with Crippen LogP contribution in [0.4, 0.5) is 11.5 Å². The number of benzene rings is 1. The number of thiophene rings is 1. The molecule has 2 amide bonds. The maximum atomic E-state index is 13.1. The van der Waals surface area contributed by atoms with Gasteiger partial charge < -0.3 is 15.1 Å². The number of aromatic nitrogens is 2. The summed E-state index contributed by atoms with van der Waals surface area (Å²) in [5.41, 5.74) is 1.01. The van der Waals surface area contributed by atoms with E-state index >= 15 is 0 Å². The number of hydrogen-bond acceptors (Lipinski definition) is 6. The molecule has 0 spiro atoms. The van der Waals surface area contributed by atoms with Crippen molar-refractivity contribution in [3.63, 3.8) is 0 Å². The summed E-state index contributed by atoms with van der Waals surface area (Å²) < 4.78 is 0. The second-order valence-electron chi connectivity index (χ2n) is 7.35. The normalized spacial score (nSPS) is 16.0. The Morgan fingerprint density at radius 1 is 1.26 bits per heavy atom. The third-order valence-electron chi connectivity index (χ3n) is 5.59. The van der Waals surface area contributed by atoms with Crippen LogP contribution >= 0.6 is 22.9 Å². The highest BCUT2D eigenvalue weighted by atomic mass is 35.5. The highest BCUT2D eigenvalue weighted by Crippen LogP contribution is 2.32. The molecule has 0 aliphatic carbocycles. The Morgan fingerprint density at radius 2 is 2.06 bits per heavy atom. The van der Waals surface area contributed by atoms with Crippen LogP contribution in [0.2, 0.25) is 5.02 Å². The summed E-state index contributed by atoms with van der Waals surface area (Å²) in [6.45, 7) is 5.85. The van der Waals surface area contributed by atoms with Crippen LogP contribution in [0, 0.1) is 0 Å². The minimum atomic E-state index is -0.325. The summed E-state index contributed by atoms with van der Waals surface area (Å²) in [6, 6.07) is 6.70. The molecule has 0 bridgehead atoms. The minimum absolute atomic E-state index is 0.113. The van der Waals surface area contributed by atoms with Crippen molar-refractivity contribution in [1.82, 2.24) is 14.9 Å². The van der Waals surface area contributed by atoms with Gasteiger partial charge >= 0.3 is 0 Å². The first-order valence-electron chi connectivity index (χ1n) is 10.4. The standard InChI is InChI=1S/C22H24ClN5O2S/c1-3-27(4-2)22(30)15-8-7-14(12-17(15)23)26-20(29)18-6-5-10-28(18)19-16-9-11-31-21(16)25-13-24-19/h7-9,11-13,18H,3-6,10H2,1-2H3,(H,26,29). The van der Waals surface area contributed by atoms with Gasteiger partial charge in [-0.2, -0.15) is 0 Å². The van der Waals surface area contributed by atoms with Gasteiger partial charge in [0, 0.05) is 25.3 Å². The molecular formula is C22H24ClN5O2S. The Hall–Kier alpha value is -2.71. The number of nitrogens with one attached hydrogen (secondary N) is 1. The second kappa shape index (κ2) is 9.20. The lowest BCUT2D eigenvalue weighted by atomic mass is 10.1. The topological polar surface area (TPSA) is 78.4 Å². The zero-order chi connectivity index (χ0) is 22.0. The van der Waals surface area contributed by atoms with E-state index in [-0.39, 0.29) is 17.9 Å². The molecule has 1 atom stereocenters. The highest BCUT2D eigenvalue weighted by molar-refractivity contribution is 7.16. The third-order valence-corrected chi connectivity index (χ3v) is 6.72. The molecule has 3 heterocycles. The number of halogens is 1. The van der Waals surface area contributed by atoms with Gasteiger partial charge in [-0.3, -0.25) is 9.59 Å². The van der Waals surface area contributed by atoms with Crippen LogP contribution in [0.15, 0.2) is 36.0 Å². The lowest BCUT2D eigenvalue weighted by Crippen LogP contribution is -2.40. The van der Waals surface area contributed by atoms with Crippen LogP contribution in [0.3, 0.4) is 0 Å². The molecule has 0 radical (unpaired) electrons. The van der Waals surface area contributed by atoms with Gasteiger partial charge in [-0.15, -0.1) is 11.3 Å². The van der Waals surface area contributed by atoms with E-state index in [1.165, 1.54) is 0 Å². The van der Waals surface area contributed by atoms with Crippen molar-refractivity contribution in [1.29, 1.82) is 0 Å². The Kier molecular flexibility index (Phi) is 6.38. The SMILES string of the molecule is CCN(CC)C(=O)c1ccc(NC(=O)C2CCCN2c2ncnc3sccc23)cc1Cl. The molecular weight excluding hydrogens is 434 g/mol. The molecule has 1 aliphatic rings. The minimum Gasteiger partial charge on any atom is -0.344 e. The third kappa shape index (κ3) is 4.22.